The van der Waals surface area contributed by atoms with Gasteiger partial charge < -0.3 is 16.0 Å². The van der Waals surface area contributed by atoms with Crippen molar-refractivity contribution in [3.63, 3.8) is 0 Å². The van der Waals surface area contributed by atoms with Crippen molar-refractivity contribution < 1.29 is 4.79 Å². The van der Waals surface area contributed by atoms with Crippen molar-refractivity contribution in [1.29, 1.82) is 5.41 Å². The maximum absolute atomic E-state index is 12.0. The number of aromatic nitrogens is 1. The van der Waals surface area contributed by atoms with E-state index in [0.717, 1.165) is 42.5 Å². The number of piperidine rings is 1. The second-order valence-electron chi connectivity index (χ2n) is 6.98. The van der Waals surface area contributed by atoms with Gasteiger partial charge in [0.05, 0.1) is 5.52 Å². The van der Waals surface area contributed by atoms with Gasteiger partial charge in [0, 0.05) is 29.8 Å². The van der Waals surface area contributed by atoms with Gasteiger partial charge in [-0.1, -0.05) is 18.6 Å². The van der Waals surface area contributed by atoms with Gasteiger partial charge in [-0.2, -0.15) is 0 Å². The highest BCUT2D eigenvalue weighted by atomic mass is 16.1. The zero-order valence-corrected chi connectivity index (χ0v) is 15.6. The number of carbonyl (C=O) groups is 1. The summed E-state index contributed by atoms with van der Waals surface area (Å²) in [7, 11) is 0. The molecule has 0 bridgehead atoms. The molecule has 2 aromatic rings. The normalized spacial score (nSPS) is 15.6. The molecule has 6 nitrogen and oxygen atoms in total. The molecule has 1 aromatic carbocycles. The number of amidine groups is 1. The molecule has 1 saturated heterocycles. The van der Waals surface area contributed by atoms with Crippen LogP contribution in [-0.4, -0.2) is 41.3 Å². The number of benzene rings is 1. The van der Waals surface area contributed by atoms with Crippen molar-refractivity contribution in [1.82, 2.24) is 15.2 Å². The fourth-order valence-electron chi connectivity index (χ4n) is 3.39. The molecule has 3 rings (SSSR count). The first-order chi connectivity index (χ1) is 13.1. The Morgan fingerprint density at radius 1 is 1.26 bits per heavy atom. The van der Waals surface area contributed by atoms with E-state index in [-0.39, 0.29) is 11.7 Å². The number of nitrogens with two attached hydrogens (primary N) is 1. The molecule has 1 aliphatic rings. The molecule has 0 unspecified atom stereocenters. The Bertz CT molecular complexity index is 839. The van der Waals surface area contributed by atoms with E-state index in [2.05, 4.69) is 15.2 Å². The minimum absolute atomic E-state index is 0.0155. The van der Waals surface area contributed by atoms with E-state index in [1.807, 2.05) is 30.3 Å². The van der Waals surface area contributed by atoms with Gasteiger partial charge in [0.2, 0.25) is 5.91 Å². The Hall–Kier alpha value is -2.73. The first-order valence-corrected chi connectivity index (χ1v) is 9.55. The van der Waals surface area contributed by atoms with Gasteiger partial charge in [0.15, 0.2) is 0 Å². The summed E-state index contributed by atoms with van der Waals surface area (Å²) < 4.78 is 0. The summed E-state index contributed by atoms with van der Waals surface area (Å²) in [5, 5.41) is 11.6. The van der Waals surface area contributed by atoms with Crippen LogP contribution in [0.25, 0.3) is 16.6 Å². The maximum atomic E-state index is 12.0. The number of hydrogen-bond acceptors (Lipinski definition) is 5. The van der Waals surface area contributed by atoms with Crippen LogP contribution in [-0.2, 0) is 4.79 Å². The first-order valence-electron chi connectivity index (χ1n) is 9.55. The fraction of sp³-hybridized carbons (Fsp3) is 0.381. The smallest absolute Gasteiger partial charge is 0.225 e. The summed E-state index contributed by atoms with van der Waals surface area (Å²) in [6, 6.07) is 9.54. The second-order valence-corrected chi connectivity index (χ2v) is 6.98. The zero-order chi connectivity index (χ0) is 19.1. The highest BCUT2D eigenvalue weighted by Gasteiger charge is 2.11. The molecule has 0 spiro atoms. The molecular weight excluding hydrogens is 338 g/mol. The quantitative estimate of drug-likeness (QED) is 0.542. The molecule has 4 N–H and O–H groups in total. The second kappa shape index (κ2) is 9.28. The third-order valence-corrected chi connectivity index (χ3v) is 4.84. The molecule has 6 heteroatoms. The highest BCUT2D eigenvalue weighted by Crippen LogP contribution is 2.17. The number of amides is 1. The molecule has 1 aromatic heterocycles. The van der Waals surface area contributed by atoms with Crippen molar-refractivity contribution in [2.24, 2.45) is 5.73 Å². The van der Waals surface area contributed by atoms with E-state index in [9.17, 15) is 4.79 Å². The Labute approximate surface area is 160 Å². The number of nitrogens with zero attached hydrogens (tertiary/aromatic N) is 2. The predicted octanol–water partition coefficient (Wildman–Crippen LogP) is 2.89. The lowest BCUT2D eigenvalue weighted by Crippen LogP contribution is -2.32. The molecule has 1 aliphatic heterocycles. The molecule has 1 fully saturated rings. The van der Waals surface area contributed by atoms with Gasteiger partial charge >= 0.3 is 0 Å². The lowest BCUT2D eigenvalue weighted by Gasteiger charge is -2.26. The molecular formula is C21H27N5O. The van der Waals surface area contributed by atoms with Gasteiger partial charge in [0.25, 0.3) is 0 Å². The third-order valence-electron chi connectivity index (χ3n) is 4.84. The van der Waals surface area contributed by atoms with Crippen LogP contribution < -0.4 is 11.1 Å². The lowest BCUT2D eigenvalue weighted by molar-refractivity contribution is -0.119. The summed E-state index contributed by atoms with van der Waals surface area (Å²) in [5.41, 5.74) is 8.25. The summed E-state index contributed by atoms with van der Waals surface area (Å²) in [5.74, 6) is -0.120. The number of hydrogen-bond donors (Lipinski definition) is 3. The minimum Gasteiger partial charge on any atom is -0.398 e. The average molecular weight is 365 g/mol. The SMILES string of the molecule is N=C(C=C(N)c1ccc2ncccc2c1)NC(=O)CCCN1CCCCC1. The summed E-state index contributed by atoms with van der Waals surface area (Å²) in [6.07, 6.45) is 8.30. The Morgan fingerprint density at radius 2 is 2.07 bits per heavy atom. The fourth-order valence-corrected chi connectivity index (χ4v) is 3.39. The van der Waals surface area contributed by atoms with Crippen molar-refractivity contribution >= 4 is 28.3 Å². The Morgan fingerprint density at radius 3 is 2.89 bits per heavy atom. The van der Waals surface area contributed by atoms with Gasteiger partial charge in [-0.15, -0.1) is 0 Å². The molecule has 0 saturated carbocycles. The number of rotatable bonds is 6. The van der Waals surface area contributed by atoms with Gasteiger partial charge in [-0.05, 0) is 62.7 Å². The average Bonchev–Trinajstić information content (AvgIpc) is 2.68. The topological polar surface area (TPSA) is 95.1 Å². The van der Waals surface area contributed by atoms with E-state index in [1.54, 1.807) is 6.20 Å². The minimum atomic E-state index is -0.135. The van der Waals surface area contributed by atoms with Crippen LogP contribution in [0.3, 0.4) is 0 Å². The standard InChI is InChI=1S/C21H27N5O/c22-18(16-8-9-19-17(14-16)6-4-10-24-19)15-20(23)25-21(27)7-5-13-26-11-2-1-3-12-26/h4,6,8-10,14-15H,1-3,5,7,11-13,22H2,(H2,23,25,27). The third kappa shape index (κ3) is 5.62. The molecule has 0 radical (unpaired) electrons. The molecule has 0 aliphatic carbocycles. The number of nitrogens with one attached hydrogen (secondary N) is 2. The number of pyridine rings is 1. The number of fused-ring (bicyclic) bond motifs is 1. The van der Waals surface area contributed by atoms with Crippen molar-refractivity contribution in [2.45, 2.75) is 32.1 Å². The number of likely N-dealkylation sites (tertiary alicyclic amines) is 1. The van der Waals surface area contributed by atoms with Crippen molar-refractivity contribution in [3.05, 3.63) is 48.2 Å². The summed E-state index contributed by atoms with van der Waals surface area (Å²) in [6.45, 7) is 3.22. The lowest BCUT2D eigenvalue weighted by atomic mass is 10.1. The van der Waals surface area contributed by atoms with E-state index in [4.69, 9.17) is 11.1 Å². The summed E-state index contributed by atoms with van der Waals surface area (Å²) >= 11 is 0. The van der Waals surface area contributed by atoms with Crippen LogP contribution in [0.1, 0.15) is 37.7 Å². The Kier molecular flexibility index (Phi) is 6.54. The highest BCUT2D eigenvalue weighted by molar-refractivity contribution is 6.05. The van der Waals surface area contributed by atoms with E-state index in [0.29, 0.717) is 12.1 Å². The summed E-state index contributed by atoms with van der Waals surface area (Å²) in [4.78, 5) is 18.7. The molecule has 0 atom stereocenters. The molecule has 1 amide bonds. The van der Waals surface area contributed by atoms with Crippen LogP contribution in [0.5, 0.6) is 0 Å². The van der Waals surface area contributed by atoms with Crippen molar-refractivity contribution in [3.8, 4) is 0 Å². The van der Waals surface area contributed by atoms with Gasteiger partial charge in [0.1, 0.15) is 5.84 Å². The first kappa shape index (κ1) is 19.0. The van der Waals surface area contributed by atoms with Crippen LogP contribution in [0, 0.1) is 5.41 Å². The predicted molar refractivity (Wildman–Crippen MR) is 109 cm³/mol. The van der Waals surface area contributed by atoms with E-state index >= 15 is 0 Å². The Balaban J connectivity index is 1.49. The largest absolute Gasteiger partial charge is 0.398 e. The van der Waals surface area contributed by atoms with Crippen molar-refractivity contribution in [2.75, 3.05) is 19.6 Å². The molecule has 2 heterocycles. The monoisotopic (exact) mass is 365 g/mol. The molecule has 27 heavy (non-hydrogen) atoms. The zero-order valence-electron chi connectivity index (χ0n) is 15.6. The van der Waals surface area contributed by atoms with Gasteiger partial charge in [-0.3, -0.25) is 15.2 Å². The van der Waals surface area contributed by atoms with Crippen LogP contribution in [0.4, 0.5) is 0 Å². The van der Waals surface area contributed by atoms with Crippen LogP contribution in [0.15, 0.2) is 42.6 Å². The van der Waals surface area contributed by atoms with E-state index in [1.165, 1.54) is 25.3 Å². The maximum Gasteiger partial charge on any atom is 0.225 e. The van der Waals surface area contributed by atoms with Crippen LogP contribution >= 0.6 is 0 Å². The number of carbonyl (C=O) groups excluding carboxylic acids is 1. The van der Waals surface area contributed by atoms with Gasteiger partial charge in [-0.25, -0.2) is 0 Å². The van der Waals surface area contributed by atoms with Crippen LogP contribution in [0.2, 0.25) is 0 Å². The van der Waals surface area contributed by atoms with E-state index < -0.39 is 0 Å². The molecule has 142 valence electrons.